The lowest BCUT2D eigenvalue weighted by Gasteiger charge is -1.72. The molecule has 0 aromatic rings. The van der Waals surface area contributed by atoms with Crippen LogP contribution in [0.2, 0.25) is 0 Å². The average molecular weight is 90.2 g/mol. The van der Waals surface area contributed by atoms with Crippen LogP contribution in [0, 0.1) is 0 Å². The van der Waals surface area contributed by atoms with E-state index in [1.165, 1.54) is 0 Å². The molecule has 0 spiro atoms. The molecule has 0 N–H and O–H groups in total. The van der Waals surface area contributed by atoms with Gasteiger partial charge in [-0.15, -0.1) is 0 Å². The Morgan fingerprint density at radius 1 is 1.00 bits per heavy atom. The van der Waals surface area contributed by atoms with Gasteiger partial charge in [0.1, 0.15) is 0 Å². The zero-order chi connectivity index (χ0) is 2.57. The van der Waals surface area contributed by atoms with E-state index in [9.17, 15) is 0 Å². The maximum absolute atomic E-state index is 4.86. The SMILES string of the molecule is O1[SiH]2O[SiH]12. The number of fused-ring (bicyclic) bond motifs is 1. The maximum atomic E-state index is 4.86. The topological polar surface area (TPSA) is 25.1 Å². The Morgan fingerprint density at radius 3 is 1.25 bits per heavy atom. The van der Waals surface area contributed by atoms with E-state index in [-0.39, 0.29) is 0 Å². The van der Waals surface area contributed by atoms with Crippen LogP contribution in [0.1, 0.15) is 0 Å². The Hall–Kier alpha value is 0.354. The fourth-order valence-electron chi connectivity index (χ4n) is 0.184. The van der Waals surface area contributed by atoms with Crippen molar-refractivity contribution in [1.82, 2.24) is 0 Å². The van der Waals surface area contributed by atoms with Crippen molar-refractivity contribution in [1.29, 1.82) is 0 Å². The molecule has 0 aliphatic carbocycles. The van der Waals surface area contributed by atoms with Gasteiger partial charge >= 0.3 is 17.6 Å². The summed E-state index contributed by atoms with van der Waals surface area (Å²) < 4.78 is 9.72. The third kappa shape index (κ3) is 0.0618. The van der Waals surface area contributed by atoms with Crippen molar-refractivity contribution in [3.05, 3.63) is 0 Å². The maximum Gasteiger partial charge on any atom is 0.345 e. The Morgan fingerprint density at radius 2 is 1.25 bits per heavy atom. The smallest absolute Gasteiger partial charge is 0.345 e. The van der Waals surface area contributed by atoms with Gasteiger partial charge in [-0.2, -0.15) is 0 Å². The van der Waals surface area contributed by atoms with Crippen LogP contribution in [0.25, 0.3) is 0 Å². The zero-order valence-corrected chi connectivity index (χ0v) is 4.28. The molecular weight excluding hydrogens is 88.2 g/mol. The minimum absolute atomic E-state index is 0.583. The van der Waals surface area contributed by atoms with Crippen LogP contribution in [-0.2, 0) is 8.23 Å². The summed E-state index contributed by atoms with van der Waals surface area (Å²) in [5.74, 6) is 0. The van der Waals surface area contributed by atoms with E-state index < -0.39 is 17.6 Å². The lowest BCUT2D eigenvalue weighted by molar-refractivity contribution is 0.451. The molecule has 0 amide bonds. The molecule has 2 fully saturated rings. The standard InChI is InChI=1S/H2O2Si2/c1-3-2-4(1)3/h3-4H. The summed E-state index contributed by atoms with van der Waals surface area (Å²) in [6, 6.07) is 0. The van der Waals surface area contributed by atoms with Gasteiger partial charge in [0.25, 0.3) is 0 Å². The molecule has 0 aromatic carbocycles. The Bertz CT molecular complexity index is 40.0. The first-order valence-corrected chi connectivity index (χ1v) is 5.83. The second-order valence-corrected chi connectivity index (χ2v) is 7.93. The lowest BCUT2D eigenvalue weighted by Crippen LogP contribution is -1.75. The van der Waals surface area contributed by atoms with Gasteiger partial charge in [0, 0.05) is 0 Å². The average Bonchev–Trinajstić information content (AvgIpc) is 1.36. The van der Waals surface area contributed by atoms with Crippen LogP contribution in [0.4, 0.5) is 0 Å². The van der Waals surface area contributed by atoms with Crippen LogP contribution < -0.4 is 0 Å². The van der Waals surface area contributed by atoms with Gasteiger partial charge in [0.15, 0.2) is 0 Å². The van der Waals surface area contributed by atoms with Gasteiger partial charge in [-0.05, 0) is 0 Å². The summed E-state index contributed by atoms with van der Waals surface area (Å²) in [6.07, 6.45) is 0. The number of hydrogen-bond donors (Lipinski definition) is 0. The van der Waals surface area contributed by atoms with Crippen LogP contribution >= 0.6 is 0 Å². The molecule has 2 nitrogen and oxygen atoms in total. The van der Waals surface area contributed by atoms with Crippen molar-refractivity contribution in [2.75, 3.05) is 0 Å². The van der Waals surface area contributed by atoms with Gasteiger partial charge in [-0.1, -0.05) is 0 Å². The van der Waals surface area contributed by atoms with E-state index in [1.807, 2.05) is 0 Å². The van der Waals surface area contributed by atoms with Crippen molar-refractivity contribution in [3.8, 4) is 0 Å². The van der Waals surface area contributed by atoms with E-state index in [0.29, 0.717) is 0 Å². The quantitative estimate of drug-likeness (QED) is 0.269. The highest BCUT2D eigenvalue weighted by molar-refractivity contribution is 7.39. The summed E-state index contributed by atoms with van der Waals surface area (Å²) >= 11 is 0. The van der Waals surface area contributed by atoms with Crippen molar-refractivity contribution in [3.63, 3.8) is 0 Å². The summed E-state index contributed by atoms with van der Waals surface area (Å²) in [5, 5.41) is 0. The normalized spacial score (nSPS) is 66.0. The first-order valence-electron chi connectivity index (χ1n) is 1.28. The summed E-state index contributed by atoms with van der Waals surface area (Å²) in [5.41, 5.74) is 0. The van der Waals surface area contributed by atoms with Crippen molar-refractivity contribution < 1.29 is 8.23 Å². The Balaban J connectivity index is 2.48. The molecule has 0 radical (unpaired) electrons. The van der Waals surface area contributed by atoms with Crippen LogP contribution in [0.3, 0.4) is 0 Å². The predicted molar refractivity (Wildman–Crippen MR) is 16.5 cm³/mol. The first-order chi connectivity index (χ1) is 1.97. The van der Waals surface area contributed by atoms with E-state index in [1.54, 1.807) is 0 Å². The highest BCUT2D eigenvalue weighted by Gasteiger charge is 2.65. The van der Waals surface area contributed by atoms with E-state index in [2.05, 4.69) is 0 Å². The summed E-state index contributed by atoms with van der Waals surface area (Å²) in [6.45, 7) is 0. The summed E-state index contributed by atoms with van der Waals surface area (Å²) in [4.78, 5) is 0. The van der Waals surface area contributed by atoms with Crippen molar-refractivity contribution in [2.24, 2.45) is 0 Å². The van der Waals surface area contributed by atoms with Crippen molar-refractivity contribution >= 4 is 17.6 Å². The molecule has 2 rings (SSSR count). The molecule has 22 valence electrons. The molecule has 2 saturated heterocycles. The van der Waals surface area contributed by atoms with E-state index in [4.69, 9.17) is 8.23 Å². The van der Waals surface area contributed by atoms with E-state index >= 15 is 0 Å². The van der Waals surface area contributed by atoms with Gasteiger partial charge in [0.05, 0.1) is 0 Å². The predicted octanol–water partition coefficient (Wildman–Crippen LogP) is -1.43. The lowest BCUT2D eigenvalue weighted by atomic mass is 15.7. The molecular formula is H2O2Si2. The van der Waals surface area contributed by atoms with Gasteiger partial charge in [0.2, 0.25) is 0 Å². The number of rotatable bonds is 0. The molecule has 0 atom stereocenters. The molecule has 2 aliphatic rings. The van der Waals surface area contributed by atoms with Crippen molar-refractivity contribution in [2.45, 2.75) is 0 Å². The van der Waals surface area contributed by atoms with Gasteiger partial charge in [-0.3, -0.25) is 0 Å². The molecule has 0 aromatic heterocycles. The fourth-order valence-corrected chi connectivity index (χ4v) is 3.96. The Labute approximate surface area is 26.8 Å². The minimum atomic E-state index is -0.583. The molecule has 4 heteroatoms. The Kier molecular flexibility index (Phi) is 0.114. The second-order valence-electron chi connectivity index (χ2n) is 1.01. The largest absolute Gasteiger partial charge is 0.419 e. The molecule has 0 saturated carbocycles. The number of hydrogen-bond acceptors (Lipinski definition) is 2. The highest BCUT2D eigenvalue weighted by Crippen LogP contribution is 2.31. The highest BCUT2D eigenvalue weighted by atomic mass is 29.4. The van der Waals surface area contributed by atoms with Gasteiger partial charge in [-0.25, -0.2) is 0 Å². The molecule has 2 aliphatic heterocycles. The molecule has 2 heterocycles. The van der Waals surface area contributed by atoms with Gasteiger partial charge < -0.3 is 8.23 Å². The fraction of sp³-hybridized carbons (Fsp3) is 0. The van der Waals surface area contributed by atoms with Crippen LogP contribution in [0.15, 0.2) is 0 Å². The molecule has 4 heavy (non-hydrogen) atoms. The van der Waals surface area contributed by atoms with Crippen LogP contribution in [0.5, 0.6) is 0 Å². The van der Waals surface area contributed by atoms with Crippen LogP contribution in [-0.4, -0.2) is 17.6 Å². The third-order valence-corrected chi connectivity index (χ3v) is 5.45. The first kappa shape index (κ1) is 1.71. The zero-order valence-electron chi connectivity index (χ0n) is 1.97. The monoisotopic (exact) mass is 90.0 g/mol. The minimum Gasteiger partial charge on any atom is -0.419 e. The molecule has 0 bridgehead atoms. The molecule has 0 unspecified atom stereocenters. The summed E-state index contributed by atoms with van der Waals surface area (Å²) in [7, 11) is -1.17. The van der Waals surface area contributed by atoms with E-state index in [0.717, 1.165) is 0 Å². The third-order valence-electron chi connectivity index (χ3n) is 0.605. The second kappa shape index (κ2) is 0.266.